The summed E-state index contributed by atoms with van der Waals surface area (Å²) in [5.41, 5.74) is 1.44. The standard InChI is InChI=1S/C14H16ClNO3S2/c1-10-7-14(20-13(10)9-15)21(17,18)16(2)11-5-4-6-12(8-11)19-3/h4-8H,9H2,1-3H3. The number of sulfonamides is 1. The summed E-state index contributed by atoms with van der Waals surface area (Å²) in [7, 11) is -0.519. The number of hydrogen-bond donors (Lipinski definition) is 0. The smallest absolute Gasteiger partial charge is 0.273 e. The van der Waals surface area contributed by atoms with Gasteiger partial charge in [0.15, 0.2) is 0 Å². The maximum absolute atomic E-state index is 12.7. The van der Waals surface area contributed by atoms with E-state index in [1.807, 2.05) is 6.92 Å². The van der Waals surface area contributed by atoms with Gasteiger partial charge in [-0.25, -0.2) is 8.42 Å². The number of halogens is 1. The Bertz CT molecular complexity index is 740. The van der Waals surface area contributed by atoms with Crippen LogP contribution >= 0.6 is 22.9 Å². The number of rotatable bonds is 5. The van der Waals surface area contributed by atoms with Gasteiger partial charge in [0.05, 0.1) is 18.7 Å². The molecule has 0 radical (unpaired) electrons. The second kappa shape index (κ2) is 6.25. The minimum Gasteiger partial charge on any atom is -0.497 e. The van der Waals surface area contributed by atoms with Crippen LogP contribution in [0.15, 0.2) is 34.5 Å². The second-order valence-electron chi connectivity index (χ2n) is 4.48. The number of benzene rings is 1. The Labute approximate surface area is 134 Å². The molecule has 0 saturated carbocycles. The van der Waals surface area contributed by atoms with E-state index < -0.39 is 10.0 Å². The van der Waals surface area contributed by atoms with Crippen LogP contribution in [-0.2, 0) is 15.9 Å². The topological polar surface area (TPSA) is 46.6 Å². The van der Waals surface area contributed by atoms with Crippen LogP contribution < -0.4 is 9.04 Å². The molecular weight excluding hydrogens is 330 g/mol. The first-order valence-electron chi connectivity index (χ1n) is 6.18. The van der Waals surface area contributed by atoms with Gasteiger partial charge in [0.1, 0.15) is 9.96 Å². The number of aryl methyl sites for hydroxylation is 1. The molecule has 0 atom stereocenters. The zero-order valence-electron chi connectivity index (χ0n) is 12.0. The molecule has 0 aliphatic rings. The van der Waals surface area contributed by atoms with Crippen molar-refractivity contribution in [2.45, 2.75) is 17.0 Å². The van der Waals surface area contributed by atoms with Crippen molar-refractivity contribution in [1.29, 1.82) is 0 Å². The first kappa shape index (κ1) is 16.1. The third-order valence-corrected chi connectivity index (χ3v) is 7.05. The van der Waals surface area contributed by atoms with Crippen LogP contribution in [0.2, 0.25) is 0 Å². The lowest BCUT2D eigenvalue weighted by molar-refractivity contribution is 0.415. The molecule has 114 valence electrons. The van der Waals surface area contributed by atoms with Gasteiger partial charge in [-0.05, 0) is 30.7 Å². The van der Waals surface area contributed by atoms with Crippen molar-refractivity contribution in [3.63, 3.8) is 0 Å². The van der Waals surface area contributed by atoms with Crippen molar-refractivity contribution in [2.75, 3.05) is 18.5 Å². The van der Waals surface area contributed by atoms with Gasteiger partial charge in [-0.1, -0.05) is 6.07 Å². The van der Waals surface area contributed by atoms with Crippen molar-refractivity contribution in [3.8, 4) is 5.75 Å². The molecule has 0 bridgehead atoms. The molecule has 2 rings (SSSR count). The van der Waals surface area contributed by atoms with Gasteiger partial charge in [0, 0.05) is 18.0 Å². The molecule has 0 unspecified atom stereocenters. The fourth-order valence-corrected chi connectivity index (χ4v) is 5.00. The maximum Gasteiger partial charge on any atom is 0.273 e. The van der Waals surface area contributed by atoms with Gasteiger partial charge in [-0.15, -0.1) is 22.9 Å². The zero-order chi connectivity index (χ0) is 15.6. The maximum atomic E-state index is 12.7. The number of alkyl halides is 1. The monoisotopic (exact) mass is 345 g/mol. The first-order valence-corrected chi connectivity index (χ1v) is 8.97. The highest BCUT2D eigenvalue weighted by molar-refractivity contribution is 7.94. The molecule has 0 spiro atoms. The van der Waals surface area contributed by atoms with Crippen molar-refractivity contribution in [1.82, 2.24) is 0 Å². The van der Waals surface area contributed by atoms with Crippen LogP contribution in [-0.4, -0.2) is 22.6 Å². The molecule has 0 aliphatic carbocycles. The average molecular weight is 346 g/mol. The van der Waals surface area contributed by atoms with E-state index in [9.17, 15) is 8.42 Å². The molecule has 0 amide bonds. The van der Waals surface area contributed by atoms with Gasteiger partial charge < -0.3 is 4.74 Å². The predicted octanol–water partition coefficient (Wildman–Crippen LogP) is 3.63. The number of hydrogen-bond acceptors (Lipinski definition) is 4. The molecule has 0 aliphatic heterocycles. The first-order chi connectivity index (χ1) is 9.90. The summed E-state index contributed by atoms with van der Waals surface area (Å²) in [5, 5.41) is 0. The highest BCUT2D eigenvalue weighted by atomic mass is 35.5. The lowest BCUT2D eigenvalue weighted by atomic mass is 10.3. The SMILES string of the molecule is COc1cccc(N(C)S(=O)(=O)c2cc(C)c(CCl)s2)c1. The number of anilines is 1. The molecule has 7 heteroatoms. The molecular formula is C14H16ClNO3S2. The van der Waals surface area contributed by atoms with Gasteiger partial charge in [-0.3, -0.25) is 4.31 Å². The Morgan fingerprint density at radius 1 is 1.33 bits per heavy atom. The van der Waals surface area contributed by atoms with Crippen molar-refractivity contribution in [3.05, 3.63) is 40.8 Å². The lowest BCUT2D eigenvalue weighted by Crippen LogP contribution is -2.25. The van der Waals surface area contributed by atoms with Gasteiger partial charge in [0.25, 0.3) is 10.0 Å². The molecule has 0 N–H and O–H groups in total. The van der Waals surface area contributed by atoms with Crippen LogP contribution in [0.5, 0.6) is 5.75 Å². The fraction of sp³-hybridized carbons (Fsp3) is 0.286. The Hall–Kier alpha value is -1.24. The molecule has 1 aromatic carbocycles. The zero-order valence-corrected chi connectivity index (χ0v) is 14.3. The quantitative estimate of drug-likeness (QED) is 0.777. The summed E-state index contributed by atoms with van der Waals surface area (Å²) in [5.74, 6) is 0.924. The summed E-state index contributed by atoms with van der Waals surface area (Å²) >= 11 is 7.02. The Kier molecular flexibility index (Phi) is 4.81. The summed E-state index contributed by atoms with van der Waals surface area (Å²) in [6, 6.07) is 8.59. The van der Waals surface area contributed by atoms with Crippen LogP contribution in [0.1, 0.15) is 10.4 Å². The predicted molar refractivity (Wildman–Crippen MR) is 87.2 cm³/mol. The molecule has 4 nitrogen and oxygen atoms in total. The average Bonchev–Trinajstić information content (AvgIpc) is 2.88. The van der Waals surface area contributed by atoms with E-state index in [1.54, 1.807) is 37.4 Å². The van der Waals surface area contributed by atoms with E-state index in [1.165, 1.54) is 22.7 Å². The van der Waals surface area contributed by atoms with Crippen molar-refractivity contribution < 1.29 is 13.2 Å². The van der Waals surface area contributed by atoms with Crippen molar-refractivity contribution in [2.24, 2.45) is 0 Å². The highest BCUT2D eigenvalue weighted by Crippen LogP contribution is 2.32. The minimum absolute atomic E-state index is 0.293. The Morgan fingerprint density at radius 3 is 2.62 bits per heavy atom. The van der Waals surface area contributed by atoms with E-state index >= 15 is 0 Å². The summed E-state index contributed by atoms with van der Waals surface area (Å²) in [4.78, 5) is 0.870. The number of nitrogens with zero attached hydrogens (tertiary/aromatic N) is 1. The van der Waals surface area contributed by atoms with E-state index in [2.05, 4.69) is 0 Å². The van der Waals surface area contributed by atoms with E-state index in [0.717, 1.165) is 10.4 Å². The molecule has 1 heterocycles. The van der Waals surface area contributed by atoms with E-state index in [-0.39, 0.29) is 0 Å². The summed E-state index contributed by atoms with van der Waals surface area (Å²) < 4.78 is 32.0. The molecule has 0 fully saturated rings. The third-order valence-electron chi connectivity index (χ3n) is 3.15. The Balaban J connectivity index is 2.41. The Morgan fingerprint density at radius 2 is 2.05 bits per heavy atom. The van der Waals surface area contributed by atoms with E-state index in [0.29, 0.717) is 21.5 Å². The summed E-state index contributed by atoms with van der Waals surface area (Å²) in [6.45, 7) is 1.86. The van der Waals surface area contributed by atoms with Crippen molar-refractivity contribution >= 4 is 38.6 Å². The number of ether oxygens (including phenoxy) is 1. The fourth-order valence-electron chi connectivity index (χ4n) is 1.83. The lowest BCUT2D eigenvalue weighted by Gasteiger charge is -2.18. The van der Waals surface area contributed by atoms with Crippen LogP contribution in [0.3, 0.4) is 0 Å². The molecule has 0 saturated heterocycles. The van der Waals surface area contributed by atoms with Gasteiger partial charge in [-0.2, -0.15) is 0 Å². The largest absolute Gasteiger partial charge is 0.497 e. The molecule has 2 aromatic rings. The number of thiophene rings is 1. The van der Waals surface area contributed by atoms with Crippen LogP contribution in [0, 0.1) is 6.92 Å². The number of methoxy groups -OCH3 is 1. The highest BCUT2D eigenvalue weighted by Gasteiger charge is 2.24. The second-order valence-corrected chi connectivity index (χ2v) is 8.08. The van der Waals surface area contributed by atoms with Gasteiger partial charge in [0.2, 0.25) is 0 Å². The van der Waals surface area contributed by atoms with Gasteiger partial charge >= 0.3 is 0 Å². The minimum atomic E-state index is -3.59. The molecule has 1 aromatic heterocycles. The molecule has 21 heavy (non-hydrogen) atoms. The van der Waals surface area contributed by atoms with E-state index in [4.69, 9.17) is 16.3 Å². The third kappa shape index (κ3) is 3.17. The summed E-state index contributed by atoms with van der Waals surface area (Å²) in [6.07, 6.45) is 0. The normalized spacial score (nSPS) is 11.4. The van der Waals surface area contributed by atoms with Crippen LogP contribution in [0.25, 0.3) is 0 Å². The van der Waals surface area contributed by atoms with Crippen LogP contribution in [0.4, 0.5) is 5.69 Å².